The largest absolute Gasteiger partial charge is 0.475 e. The minimum Gasteiger partial charge on any atom is -0.475 e. The fourth-order valence-corrected chi connectivity index (χ4v) is 1.82. The van der Waals surface area contributed by atoms with Crippen LogP contribution in [0.5, 0.6) is 0 Å². The number of aryl methyl sites for hydroxylation is 1. The smallest absolute Gasteiger partial charge is 0.372 e. The van der Waals surface area contributed by atoms with Crippen LogP contribution >= 0.6 is 0 Å². The van der Waals surface area contributed by atoms with Crippen molar-refractivity contribution in [2.24, 2.45) is 5.73 Å². The van der Waals surface area contributed by atoms with E-state index in [1.807, 2.05) is 0 Å². The summed E-state index contributed by atoms with van der Waals surface area (Å²) in [4.78, 5) is 21.9. The molecule has 4 N–H and O–H groups in total. The zero-order valence-corrected chi connectivity index (χ0v) is 10.8. The van der Waals surface area contributed by atoms with Crippen molar-refractivity contribution in [1.82, 2.24) is 0 Å². The highest BCUT2D eigenvalue weighted by Gasteiger charge is 2.14. The molecule has 1 amide bonds. The lowest BCUT2D eigenvalue weighted by molar-refractivity contribution is 0.0659. The Hall–Kier alpha value is -2.76. The molecule has 1 aromatic carbocycles. The van der Waals surface area contributed by atoms with Crippen LogP contribution in [-0.2, 0) is 6.54 Å². The van der Waals surface area contributed by atoms with Gasteiger partial charge >= 0.3 is 5.97 Å². The van der Waals surface area contributed by atoms with Crippen LogP contribution in [0.25, 0.3) is 0 Å². The van der Waals surface area contributed by atoms with E-state index in [1.54, 1.807) is 37.3 Å². The third-order valence-corrected chi connectivity index (χ3v) is 2.78. The molecule has 0 bridgehead atoms. The first-order valence-electron chi connectivity index (χ1n) is 5.93. The van der Waals surface area contributed by atoms with Gasteiger partial charge in [0.2, 0.25) is 11.7 Å². The molecular formula is C14H14N2O4. The lowest BCUT2D eigenvalue weighted by atomic mass is 10.2. The molecule has 2 rings (SSSR count). The summed E-state index contributed by atoms with van der Waals surface area (Å²) in [6.45, 7) is 1.99. The quantitative estimate of drug-likeness (QED) is 0.773. The zero-order valence-electron chi connectivity index (χ0n) is 10.8. The fraction of sp³-hybridized carbons (Fsp3) is 0.143. The van der Waals surface area contributed by atoms with E-state index in [9.17, 15) is 9.59 Å². The maximum Gasteiger partial charge on any atom is 0.372 e. The van der Waals surface area contributed by atoms with Crippen molar-refractivity contribution in [2.45, 2.75) is 13.5 Å². The molecule has 6 heteroatoms. The molecule has 0 spiro atoms. The fourth-order valence-electron chi connectivity index (χ4n) is 1.82. The average Bonchev–Trinajstić information content (AvgIpc) is 2.78. The molecule has 0 aliphatic heterocycles. The summed E-state index contributed by atoms with van der Waals surface area (Å²) in [5, 5.41) is 11.9. The van der Waals surface area contributed by atoms with Gasteiger partial charge in [0.25, 0.3) is 0 Å². The van der Waals surface area contributed by atoms with E-state index >= 15 is 0 Å². The summed E-state index contributed by atoms with van der Waals surface area (Å²) in [7, 11) is 0. The second-order valence-electron chi connectivity index (χ2n) is 4.33. The molecule has 0 radical (unpaired) electrons. The second kappa shape index (κ2) is 5.48. The van der Waals surface area contributed by atoms with Gasteiger partial charge in [-0.25, -0.2) is 4.79 Å². The number of amides is 1. The van der Waals surface area contributed by atoms with Gasteiger partial charge in [0.15, 0.2) is 0 Å². The van der Waals surface area contributed by atoms with Crippen LogP contribution in [0, 0.1) is 6.92 Å². The Morgan fingerprint density at radius 2 is 2.10 bits per heavy atom. The Labute approximate surface area is 115 Å². The summed E-state index contributed by atoms with van der Waals surface area (Å²) in [6, 6.07) is 8.39. The van der Waals surface area contributed by atoms with Crippen LogP contribution in [0.4, 0.5) is 5.69 Å². The molecule has 1 aromatic heterocycles. The molecule has 0 unspecified atom stereocenters. The Balaban J connectivity index is 2.09. The summed E-state index contributed by atoms with van der Waals surface area (Å²) in [6.07, 6.45) is 0. The van der Waals surface area contributed by atoms with Crippen molar-refractivity contribution in [1.29, 1.82) is 0 Å². The van der Waals surface area contributed by atoms with Gasteiger partial charge in [-0.3, -0.25) is 4.79 Å². The molecule has 0 atom stereocenters. The average molecular weight is 274 g/mol. The number of benzene rings is 1. The van der Waals surface area contributed by atoms with Gasteiger partial charge in [0.05, 0.1) is 6.54 Å². The minimum absolute atomic E-state index is 0.0623. The summed E-state index contributed by atoms with van der Waals surface area (Å²) >= 11 is 0. The van der Waals surface area contributed by atoms with E-state index in [-0.39, 0.29) is 5.76 Å². The molecule has 104 valence electrons. The molecule has 0 saturated heterocycles. The number of aromatic carboxylic acids is 1. The third kappa shape index (κ3) is 2.97. The van der Waals surface area contributed by atoms with E-state index < -0.39 is 11.9 Å². The first kappa shape index (κ1) is 13.7. The molecular weight excluding hydrogens is 260 g/mol. The maximum atomic E-state index is 11.1. The molecule has 6 nitrogen and oxygen atoms in total. The van der Waals surface area contributed by atoms with Gasteiger partial charge in [0.1, 0.15) is 5.76 Å². The number of primary amides is 1. The van der Waals surface area contributed by atoms with Gasteiger partial charge < -0.3 is 20.6 Å². The number of nitrogens with two attached hydrogens (primary N) is 1. The number of carboxylic acid groups (broad SMARTS) is 1. The van der Waals surface area contributed by atoms with Crippen LogP contribution in [0.3, 0.4) is 0 Å². The van der Waals surface area contributed by atoms with Crippen molar-refractivity contribution >= 4 is 17.6 Å². The van der Waals surface area contributed by atoms with Crippen molar-refractivity contribution < 1.29 is 19.1 Å². The number of rotatable bonds is 5. The maximum absolute atomic E-state index is 11.1. The highest BCUT2D eigenvalue weighted by Crippen LogP contribution is 2.17. The third-order valence-electron chi connectivity index (χ3n) is 2.78. The molecule has 0 aliphatic rings. The highest BCUT2D eigenvalue weighted by molar-refractivity contribution is 5.93. The summed E-state index contributed by atoms with van der Waals surface area (Å²) in [5.74, 6) is -1.16. The van der Waals surface area contributed by atoms with Crippen molar-refractivity contribution in [3.05, 3.63) is 53.0 Å². The topological polar surface area (TPSA) is 106 Å². The van der Waals surface area contributed by atoms with E-state index in [0.717, 1.165) is 0 Å². The van der Waals surface area contributed by atoms with Gasteiger partial charge in [-0.15, -0.1) is 0 Å². The van der Waals surface area contributed by atoms with E-state index in [2.05, 4.69) is 5.32 Å². The predicted molar refractivity (Wildman–Crippen MR) is 72.7 cm³/mol. The Morgan fingerprint density at radius 3 is 2.70 bits per heavy atom. The Bertz CT molecular complexity index is 661. The SMILES string of the molecule is Cc1cc(CNc2cccc(C(N)=O)c2)oc1C(=O)O. The van der Waals surface area contributed by atoms with Gasteiger partial charge in [-0.1, -0.05) is 6.07 Å². The van der Waals surface area contributed by atoms with Crippen molar-refractivity contribution in [3.63, 3.8) is 0 Å². The number of nitrogens with one attached hydrogen (secondary N) is 1. The number of hydrogen-bond acceptors (Lipinski definition) is 4. The van der Waals surface area contributed by atoms with Gasteiger partial charge in [0, 0.05) is 16.8 Å². The van der Waals surface area contributed by atoms with E-state index in [4.69, 9.17) is 15.3 Å². The normalized spacial score (nSPS) is 10.2. The van der Waals surface area contributed by atoms with Crippen LogP contribution < -0.4 is 11.1 Å². The Morgan fingerprint density at radius 1 is 1.35 bits per heavy atom. The molecule has 0 saturated carbocycles. The summed E-state index contributed by atoms with van der Waals surface area (Å²) < 4.78 is 5.22. The number of carboxylic acids is 1. The number of furan rings is 1. The van der Waals surface area contributed by atoms with Crippen molar-refractivity contribution in [2.75, 3.05) is 5.32 Å². The number of carbonyl (C=O) groups excluding carboxylic acids is 1. The second-order valence-corrected chi connectivity index (χ2v) is 4.33. The van der Waals surface area contributed by atoms with E-state index in [0.29, 0.717) is 29.1 Å². The molecule has 0 fully saturated rings. The lowest BCUT2D eigenvalue weighted by Gasteiger charge is -2.05. The van der Waals surface area contributed by atoms with Crippen LogP contribution in [0.15, 0.2) is 34.7 Å². The van der Waals surface area contributed by atoms with Gasteiger partial charge in [-0.2, -0.15) is 0 Å². The number of hydrogen-bond donors (Lipinski definition) is 3. The Kier molecular flexibility index (Phi) is 3.74. The first-order valence-corrected chi connectivity index (χ1v) is 5.93. The van der Waals surface area contributed by atoms with Gasteiger partial charge in [-0.05, 0) is 31.2 Å². The lowest BCUT2D eigenvalue weighted by Crippen LogP contribution is -2.11. The minimum atomic E-state index is -1.09. The van der Waals surface area contributed by atoms with Crippen molar-refractivity contribution in [3.8, 4) is 0 Å². The van der Waals surface area contributed by atoms with E-state index in [1.165, 1.54) is 0 Å². The summed E-state index contributed by atoms with van der Waals surface area (Å²) in [5.41, 5.74) is 6.87. The van der Waals surface area contributed by atoms with Crippen LogP contribution in [0.2, 0.25) is 0 Å². The standard InChI is InChI=1S/C14H14N2O4/c1-8-5-11(20-12(8)14(18)19)7-16-10-4-2-3-9(6-10)13(15)17/h2-6,16H,7H2,1H3,(H2,15,17)(H,18,19). The highest BCUT2D eigenvalue weighted by atomic mass is 16.4. The molecule has 2 aromatic rings. The molecule has 20 heavy (non-hydrogen) atoms. The number of anilines is 1. The molecule has 1 heterocycles. The van der Waals surface area contributed by atoms with Crippen LogP contribution in [-0.4, -0.2) is 17.0 Å². The zero-order chi connectivity index (χ0) is 14.7. The predicted octanol–water partition coefficient (Wildman–Crippen LogP) is 2.00. The molecule has 0 aliphatic carbocycles. The monoisotopic (exact) mass is 274 g/mol. The first-order chi connectivity index (χ1) is 9.47. The number of carbonyl (C=O) groups is 2. The van der Waals surface area contributed by atoms with Crippen LogP contribution in [0.1, 0.15) is 32.2 Å².